The van der Waals surface area contributed by atoms with E-state index in [-0.39, 0.29) is 0 Å². The fraction of sp³-hybridized carbons (Fsp3) is 0.300. The van der Waals surface area contributed by atoms with E-state index in [0.29, 0.717) is 24.8 Å². The van der Waals surface area contributed by atoms with Gasteiger partial charge in [-0.15, -0.1) is 0 Å². The number of carbonyl (C=O) groups is 1. The molecule has 0 aliphatic carbocycles. The van der Waals surface area contributed by atoms with Gasteiger partial charge in [-0.3, -0.25) is 4.79 Å². The standard InChI is InChI=1S/C10H9N3O2/c14-3-7-2-13(8-4-15-5-8)10-9(7)1-11-6-12-10/h1-3,6,8H,4-5H2. The van der Waals surface area contributed by atoms with Crippen LogP contribution in [0.25, 0.3) is 11.0 Å². The molecule has 15 heavy (non-hydrogen) atoms. The van der Waals surface area contributed by atoms with E-state index in [0.717, 1.165) is 17.3 Å². The van der Waals surface area contributed by atoms with E-state index >= 15 is 0 Å². The van der Waals surface area contributed by atoms with Crippen molar-refractivity contribution in [1.82, 2.24) is 14.5 Å². The van der Waals surface area contributed by atoms with Crippen LogP contribution in [0, 0.1) is 0 Å². The first kappa shape index (κ1) is 8.55. The van der Waals surface area contributed by atoms with Gasteiger partial charge in [-0.1, -0.05) is 0 Å². The van der Waals surface area contributed by atoms with Crippen LogP contribution < -0.4 is 0 Å². The Bertz CT molecular complexity index is 516. The van der Waals surface area contributed by atoms with E-state index in [2.05, 4.69) is 9.97 Å². The molecule has 3 rings (SSSR count). The highest BCUT2D eigenvalue weighted by molar-refractivity contribution is 5.95. The molecule has 2 aromatic rings. The fourth-order valence-corrected chi connectivity index (χ4v) is 1.77. The van der Waals surface area contributed by atoms with Crippen molar-refractivity contribution >= 4 is 17.3 Å². The Kier molecular flexibility index (Phi) is 1.78. The largest absolute Gasteiger partial charge is 0.377 e. The maximum atomic E-state index is 10.9. The average Bonchev–Trinajstić information content (AvgIpc) is 2.55. The predicted molar refractivity (Wildman–Crippen MR) is 52.8 cm³/mol. The maximum Gasteiger partial charge on any atom is 0.152 e. The molecule has 2 aromatic heterocycles. The fourth-order valence-electron chi connectivity index (χ4n) is 1.77. The topological polar surface area (TPSA) is 57.0 Å². The Morgan fingerprint density at radius 2 is 2.40 bits per heavy atom. The van der Waals surface area contributed by atoms with Gasteiger partial charge in [0, 0.05) is 23.3 Å². The van der Waals surface area contributed by atoms with Gasteiger partial charge in [0.2, 0.25) is 0 Å². The molecule has 0 radical (unpaired) electrons. The van der Waals surface area contributed by atoms with Crippen LogP contribution in [0.1, 0.15) is 16.4 Å². The summed E-state index contributed by atoms with van der Waals surface area (Å²) in [6, 6.07) is 0.302. The zero-order valence-electron chi connectivity index (χ0n) is 7.96. The summed E-state index contributed by atoms with van der Waals surface area (Å²) in [6.45, 7) is 1.37. The Balaban J connectivity index is 2.24. The summed E-state index contributed by atoms with van der Waals surface area (Å²) in [5.41, 5.74) is 1.44. The molecule has 0 N–H and O–H groups in total. The third-order valence-corrected chi connectivity index (χ3v) is 2.67. The second-order valence-corrected chi connectivity index (χ2v) is 3.56. The summed E-state index contributed by atoms with van der Waals surface area (Å²) in [6.07, 6.45) is 5.82. The molecular weight excluding hydrogens is 194 g/mol. The number of hydrogen-bond acceptors (Lipinski definition) is 4. The number of hydrogen-bond donors (Lipinski definition) is 0. The van der Waals surface area contributed by atoms with Crippen molar-refractivity contribution in [2.45, 2.75) is 6.04 Å². The second kappa shape index (κ2) is 3.13. The number of carbonyl (C=O) groups excluding carboxylic acids is 1. The van der Waals surface area contributed by atoms with Crippen molar-refractivity contribution in [3.8, 4) is 0 Å². The van der Waals surface area contributed by atoms with Crippen molar-refractivity contribution in [2.75, 3.05) is 13.2 Å². The van der Waals surface area contributed by atoms with Crippen molar-refractivity contribution < 1.29 is 9.53 Å². The third kappa shape index (κ3) is 1.16. The van der Waals surface area contributed by atoms with E-state index < -0.39 is 0 Å². The molecule has 0 aromatic carbocycles. The predicted octanol–water partition coefficient (Wildman–Crippen LogP) is 0.815. The lowest BCUT2D eigenvalue weighted by Crippen LogP contribution is -2.30. The van der Waals surface area contributed by atoms with E-state index in [1.54, 1.807) is 6.20 Å². The molecule has 0 atom stereocenters. The van der Waals surface area contributed by atoms with Gasteiger partial charge in [0.1, 0.15) is 12.0 Å². The Hall–Kier alpha value is -1.75. The summed E-state index contributed by atoms with van der Waals surface area (Å²) in [5, 5.41) is 0.805. The number of ether oxygens (including phenoxy) is 1. The summed E-state index contributed by atoms with van der Waals surface area (Å²) < 4.78 is 7.12. The van der Waals surface area contributed by atoms with Gasteiger partial charge in [-0.05, 0) is 0 Å². The third-order valence-electron chi connectivity index (χ3n) is 2.67. The number of fused-ring (bicyclic) bond motifs is 1. The van der Waals surface area contributed by atoms with Crippen molar-refractivity contribution in [2.24, 2.45) is 0 Å². The molecule has 3 heterocycles. The van der Waals surface area contributed by atoms with Crippen LogP contribution in [0.3, 0.4) is 0 Å². The molecule has 1 aliphatic heterocycles. The highest BCUT2D eigenvalue weighted by Gasteiger charge is 2.23. The van der Waals surface area contributed by atoms with Crippen molar-refractivity contribution in [3.63, 3.8) is 0 Å². The first-order valence-corrected chi connectivity index (χ1v) is 4.73. The average molecular weight is 203 g/mol. The molecule has 1 saturated heterocycles. The SMILES string of the molecule is O=Cc1cn(C2COC2)c2ncncc12. The van der Waals surface area contributed by atoms with E-state index in [4.69, 9.17) is 4.74 Å². The Morgan fingerprint density at radius 3 is 3.07 bits per heavy atom. The van der Waals surface area contributed by atoms with Gasteiger partial charge >= 0.3 is 0 Å². The minimum absolute atomic E-state index is 0.302. The van der Waals surface area contributed by atoms with Gasteiger partial charge in [-0.25, -0.2) is 9.97 Å². The van der Waals surface area contributed by atoms with Crippen LogP contribution in [0.4, 0.5) is 0 Å². The minimum atomic E-state index is 0.302. The van der Waals surface area contributed by atoms with E-state index in [1.807, 2.05) is 10.8 Å². The number of aromatic nitrogens is 3. The first-order chi connectivity index (χ1) is 7.40. The zero-order chi connectivity index (χ0) is 10.3. The molecule has 0 spiro atoms. The molecule has 5 nitrogen and oxygen atoms in total. The number of nitrogens with zero attached hydrogens (tertiary/aromatic N) is 3. The Labute approximate surface area is 85.7 Å². The van der Waals surface area contributed by atoms with E-state index in [1.165, 1.54) is 6.33 Å². The molecule has 76 valence electrons. The monoisotopic (exact) mass is 203 g/mol. The maximum absolute atomic E-state index is 10.9. The Morgan fingerprint density at radius 1 is 1.53 bits per heavy atom. The number of rotatable bonds is 2. The van der Waals surface area contributed by atoms with Gasteiger partial charge in [-0.2, -0.15) is 0 Å². The van der Waals surface area contributed by atoms with Crippen LogP contribution in [0.2, 0.25) is 0 Å². The summed E-state index contributed by atoms with van der Waals surface area (Å²) >= 11 is 0. The van der Waals surface area contributed by atoms with Crippen molar-refractivity contribution in [3.05, 3.63) is 24.3 Å². The molecule has 0 amide bonds. The minimum Gasteiger partial charge on any atom is -0.377 e. The van der Waals surface area contributed by atoms with Crippen LogP contribution in [0.15, 0.2) is 18.7 Å². The zero-order valence-corrected chi connectivity index (χ0v) is 7.96. The van der Waals surface area contributed by atoms with Crippen LogP contribution in [-0.4, -0.2) is 34.0 Å². The van der Waals surface area contributed by atoms with Crippen molar-refractivity contribution in [1.29, 1.82) is 0 Å². The summed E-state index contributed by atoms with van der Waals surface area (Å²) in [4.78, 5) is 19.0. The smallest absolute Gasteiger partial charge is 0.152 e. The summed E-state index contributed by atoms with van der Waals surface area (Å²) in [5.74, 6) is 0. The van der Waals surface area contributed by atoms with Crippen LogP contribution >= 0.6 is 0 Å². The summed E-state index contributed by atoms with van der Waals surface area (Å²) in [7, 11) is 0. The van der Waals surface area contributed by atoms with Crippen LogP contribution in [-0.2, 0) is 4.74 Å². The van der Waals surface area contributed by atoms with E-state index in [9.17, 15) is 4.79 Å². The molecule has 0 unspecified atom stereocenters. The van der Waals surface area contributed by atoms with Crippen LogP contribution in [0.5, 0.6) is 0 Å². The molecule has 0 saturated carbocycles. The van der Waals surface area contributed by atoms with Gasteiger partial charge in [0.15, 0.2) is 6.29 Å². The molecule has 0 bridgehead atoms. The molecule has 1 fully saturated rings. The van der Waals surface area contributed by atoms with Gasteiger partial charge < -0.3 is 9.30 Å². The lowest BCUT2D eigenvalue weighted by Gasteiger charge is -2.27. The quantitative estimate of drug-likeness (QED) is 0.678. The van der Waals surface area contributed by atoms with Gasteiger partial charge in [0.05, 0.1) is 19.3 Å². The number of aldehydes is 1. The molecule has 5 heteroatoms. The molecular formula is C10H9N3O2. The second-order valence-electron chi connectivity index (χ2n) is 3.56. The highest BCUT2D eigenvalue weighted by Crippen LogP contribution is 2.25. The molecule has 1 aliphatic rings. The van der Waals surface area contributed by atoms with Gasteiger partial charge in [0.25, 0.3) is 0 Å². The normalized spacial score (nSPS) is 16.5. The highest BCUT2D eigenvalue weighted by atomic mass is 16.5. The lowest BCUT2D eigenvalue weighted by atomic mass is 10.2. The lowest BCUT2D eigenvalue weighted by molar-refractivity contribution is -0.0216. The first-order valence-electron chi connectivity index (χ1n) is 4.73.